The van der Waals surface area contributed by atoms with Gasteiger partial charge in [0.15, 0.2) is 6.29 Å². The number of aliphatic hydroxyl groups is 1. The first-order chi connectivity index (χ1) is 10.1. The van der Waals surface area contributed by atoms with Crippen molar-refractivity contribution in [2.45, 2.75) is 31.0 Å². The maximum absolute atomic E-state index is 11.5. The molecule has 0 amide bonds. The fraction of sp³-hybridized carbons (Fsp3) is 0.467. The summed E-state index contributed by atoms with van der Waals surface area (Å²) in [5.41, 5.74) is 1.66. The molecule has 1 aromatic rings. The van der Waals surface area contributed by atoms with Crippen LogP contribution in [0.5, 0.6) is 0 Å². The minimum absolute atomic E-state index is 0.0845. The second-order valence-corrected chi connectivity index (χ2v) is 5.19. The van der Waals surface area contributed by atoms with Gasteiger partial charge in [0.1, 0.15) is 6.79 Å². The van der Waals surface area contributed by atoms with Crippen molar-refractivity contribution >= 4 is 11.9 Å². The molecule has 0 bridgehead atoms. The van der Waals surface area contributed by atoms with E-state index in [4.69, 9.17) is 9.47 Å². The molecule has 0 aliphatic carbocycles. The Hall–Kier alpha value is -1.76. The van der Waals surface area contributed by atoms with E-state index >= 15 is 0 Å². The standard InChI is InChI=1S/C15H16O6/c16-13-7-12(15(18)21-13)10-3-1-9(2-4-10)11-5-6-19-8-20-14(11)17/h1-4,11-12,14,17H,5-8H2. The second-order valence-electron chi connectivity index (χ2n) is 5.19. The number of benzene rings is 1. The summed E-state index contributed by atoms with van der Waals surface area (Å²) in [5, 5.41) is 9.94. The molecule has 2 fully saturated rings. The molecular weight excluding hydrogens is 276 g/mol. The molecule has 6 heteroatoms. The molecule has 112 valence electrons. The number of carbonyl (C=O) groups excluding carboxylic acids is 2. The third-order valence-corrected chi connectivity index (χ3v) is 3.88. The average Bonchev–Trinajstić information content (AvgIpc) is 2.68. The molecule has 0 saturated carbocycles. The van der Waals surface area contributed by atoms with Gasteiger partial charge in [-0.3, -0.25) is 9.59 Å². The fourth-order valence-electron chi connectivity index (χ4n) is 2.68. The number of aliphatic hydroxyl groups excluding tert-OH is 1. The van der Waals surface area contributed by atoms with Crippen LogP contribution in [0.4, 0.5) is 0 Å². The molecule has 21 heavy (non-hydrogen) atoms. The minimum atomic E-state index is -0.906. The Balaban J connectivity index is 1.77. The number of carbonyl (C=O) groups is 2. The summed E-state index contributed by atoms with van der Waals surface area (Å²) in [7, 11) is 0. The van der Waals surface area contributed by atoms with Crippen LogP contribution in [0.2, 0.25) is 0 Å². The van der Waals surface area contributed by atoms with E-state index in [1.807, 2.05) is 12.1 Å². The lowest BCUT2D eigenvalue weighted by Gasteiger charge is -2.20. The van der Waals surface area contributed by atoms with Gasteiger partial charge >= 0.3 is 11.9 Å². The van der Waals surface area contributed by atoms with Gasteiger partial charge in [0.05, 0.1) is 18.9 Å². The molecule has 2 heterocycles. The smallest absolute Gasteiger partial charge is 0.321 e. The van der Waals surface area contributed by atoms with Crippen LogP contribution >= 0.6 is 0 Å². The van der Waals surface area contributed by atoms with Gasteiger partial charge in [-0.2, -0.15) is 0 Å². The highest BCUT2D eigenvalue weighted by atomic mass is 16.7. The highest BCUT2D eigenvalue weighted by molar-refractivity contribution is 5.97. The van der Waals surface area contributed by atoms with E-state index in [1.54, 1.807) is 12.1 Å². The first-order valence-electron chi connectivity index (χ1n) is 6.87. The van der Waals surface area contributed by atoms with Crippen LogP contribution in [0.15, 0.2) is 24.3 Å². The summed E-state index contributed by atoms with van der Waals surface area (Å²) in [6.45, 7) is 0.610. The maximum atomic E-state index is 11.5. The molecule has 3 rings (SSSR count). The van der Waals surface area contributed by atoms with Crippen LogP contribution in [0.25, 0.3) is 0 Å². The van der Waals surface area contributed by atoms with E-state index in [1.165, 1.54) is 0 Å². The Morgan fingerprint density at radius 3 is 2.48 bits per heavy atom. The third-order valence-electron chi connectivity index (χ3n) is 3.88. The van der Waals surface area contributed by atoms with Gasteiger partial charge in [0, 0.05) is 5.92 Å². The minimum Gasteiger partial charge on any atom is -0.393 e. The van der Waals surface area contributed by atoms with Gasteiger partial charge in [-0.15, -0.1) is 0 Å². The van der Waals surface area contributed by atoms with Crippen molar-refractivity contribution in [2.24, 2.45) is 0 Å². The fourth-order valence-corrected chi connectivity index (χ4v) is 2.68. The Labute approximate surface area is 121 Å². The molecule has 0 spiro atoms. The Kier molecular flexibility index (Phi) is 4.01. The first-order valence-corrected chi connectivity index (χ1v) is 6.87. The molecular formula is C15H16O6. The molecule has 2 saturated heterocycles. The first kappa shape index (κ1) is 14.2. The molecule has 6 nitrogen and oxygen atoms in total. The molecule has 2 aliphatic rings. The van der Waals surface area contributed by atoms with Crippen molar-refractivity contribution in [2.75, 3.05) is 13.4 Å². The number of esters is 2. The molecule has 3 atom stereocenters. The number of hydrogen-bond donors (Lipinski definition) is 1. The van der Waals surface area contributed by atoms with Crippen LogP contribution < -0.4 is 0 Å². The van der Waals surface area contributed by atoms with E-state index in [0.717, 1.165) is 11.1 Å². The Morgan fingerprint density at radius 2 is 1.81 bits per heavy atom. The Morgan fingerprint density at radius 1 is 1.10 bits per heavy atom. The molecule has 2 aliphatic heterocycles. The van der Waals surface area contributed by atoms with Crippen molar-refractivity contribution in [3.8, 4) is 0 Å². The zero-order valence-electron chi connectivity index (χ0n) is 11.4. The van der Waals surface area contributed by atoms with Crippen LogP contribution in [0.3, 0.4) is 0 Å². The van der Waals surface area contributed by atoms with Gasteiger partial charge in [0.2, 0.25) is 0 Å². The normalized spacial score (nSPS) is 30.0. The van der Waals surface area contributed by atoms with Crippen LogP contribution in [-0.4, -0.2) is 36.7 Å². The van der Waals surface area contributed by atoms with E-state index in [-0.39, 0.29) is 19.1 Å². The van der Waals surface area contributed by atoms with E-state index < -0.39 is 24.1 Å². The lowest BCUT2D eigenvalue weighted by Crippen LogP contribution is -2.20. The summed E-state index contributed by atoms with van der Waals surface area (Å²) in [6.07, 6.45) is -0.164. The predicted octanol–water partition coefficient (Wildman–Crippen LogP) is 1.04. The molecule has 1 aromatic carbocycles. The lowest BCUT2D eigenvalue weighted by atomic mass is 9.91. The summed E-state index contributed by atoms with van der Waals surface area (Å²) < 4.78 is 14.9. The van der Waals surface area contributed by atoms with Crippen molar-refractivity contribution in [3.05, 3.63) is 35.4 Å². The summed E-state index contributed by atoms with van der Waals surface area (Å²) in [4.78, 5) is 22.7. The number of ether oxygens (including phenoxy) is 3. The summed E-state index contributed by atoms with van der Waals surface area (Å²) >= 11 is 0. The van der Waals surface area contributed by atoms with E-state index in [0.29, 0.717) is 13.0 Å². The summed E-state index contributed by atoms with van der Waals surface area (Å²) in [5.74, 6) is -1.68. The molecule has 0 aromatic heterocycles. The average molecular weight is 292 g/mol. The molecule has 3 unspecified atom stereocenters. The predicted molar refractivity (Wildman–Crippen MR) is 70.2 cm³/mol. The zero-order valence-corrected chi connectivity index (χ0v) is 11.4. The lowest BCUT2D eigenvalue weighted by molar-refractivity contribution is -0.157. The highest BCUT2D eigenvalue weighted by Gasteiger charge is 2.34. The number of rotatable bonds is 2. The van der Waals surface area contributed by atoms with Gasteiger partial charge in [-0.1, -0.05) is 24.3 Å². The zero-order chi connectivity index (χ0) is 14.8. The van der Waals surface area contributed by atoms with E-state index in [2.05, 4.69) is 4.74 Å². The van der Waals surface area contributed by atoms with Crippen molar-refractivity contribution < 1.29 is 28.9 Å². The summed E-state index contributed by atoms with van der Waals surface area (Å²) in [6, 6.07) is 7.26. The maximum Gasteiger partial charge on any atom is 0.321 e. The van der Waals surface area contributed by atoms with Crippen LogP contribution in [0.1, 0.15) is 35.8 Å². The van der Waals surface area contributed by atoms with Crippen LogP contribution in [-0.2, 0) is 23.8 Å². The van der Waals surface area contributed by atoms with Crippen molar-refractivity contribution in [1.82, 2.24) is 0 Å². The monoisotopic (exact) mass is 292 g/mol. The van der Waals surface area contributed by atoms with Gasteiger partial charge in [-0.25, -0.2) is 0 Å². The largest absolute Gasteiger partial charge is 0.393 e. The van der Waals surface area contributed by atoms with Gasteiger partial charge in [0.25, 0.3) is 0 Å². The van der Waals surface area contributed by atoms with E-state index in [9.17, 15) is 14.7 Å². The highest BCUT2D eigenvalue weighted by Crippen LogP contribution is 2.31. The van der Waals surface area contributed by atoms with Crippen molar-refractivity contribution in [3.63, 3.8) is 0 Å². The van der Waals surface area contributed by atoms with Gasteiger partial charge < -0.3 is 19.3 Å². The van der Waals surface area contributed by atoms with Crippen molar-refractivity contribution in [1.29, 1.82) is 0 Å². The number of hydrogen-bond acceptors (Lipinski definition) is 6. The second kappa shape index (κ2) is 5.93. The molecule has 1 N–H and O–H groups in total. The van der Waals surface area contributed by atoms with Crippen LogP contribution in [0, 0.1) is 0 Å². The SMILES string of the molecule is O=C1CC(c2ccc(C3CCOCOC3O)cc2)C(=O)O1. The quantitative estimate of drug-likeness (QED) is 0.648. The topological polar surface area (TPSA) is 82.1 Å². The Bertz CT molecular complexity index is 538. The number of cyclic esters (lactones) is 2. The third kappa shape index (κ3) is 2.97. The molecule has 0 radical (unpaired) electrons. The van der Waals surface area contributed by atoms with Gasteiger partial charge in [-0.05, 0) is 17.5 Å².